The van der Waals surface area contributed by atoms with Gasteiger partial charge in [-0.2, -0.15) is 0 Å². The molecule has 4 amide bonds. The molecule has 5 heterocycles. The van der Waals surface area contributed by atoms with Gasteiger partial charge in [-0.3, -0.25) is 29.1 Å². The lowest BCUT2D eigenvalue weighted by atomic mass is 9.95. The predicted molar refractivity (Wildman–Crippen MR) is 382 cm³/mol. The van der Waals surface area contributed by atoms with E-state index in [0.29, 0.717) is 31.7 Å². The molecule has 0 spiro atoms. The Bertz CT molecular complexity index is 3470. The largest absolute Gasteiger partial charge is 0.490 e. The van der Waals surface area contributed by atoms with Gasteiger partial charge in [0.05, 0.1) is 30.7 Å². The Morgan fingerprint density at radius 3 is 1.33 bits per heavy atom. The Labute approximate surface area is 568 Å². The molecule has 11 rings (SSSR count). The third kappa shape index (κ3) is 24.9. The van der Waals surface area contributed by atoms with Crippen LogP contribution < -0.4 is 25.4 Å². The van der Waals surface area contributed by atoms with Crippen LogP contribution in [0.5, 0.6) is 11.5 Å². The van der Waals surface area contributed by atoms with Gasteiger partial charge < -0.3 is 50.0 Å². The minimum Gasteiger partial charge on any atom is -0.490 e. The van der Waals surface area contributed by atoms with Gasteiger partial charge in [0.25, 0.3) is 0 Å². The van der Waals surface area contributed by atoms with E-state index in [-0.39, 0.29) is 73.3 Å². The molecule has 3 aliphatic heterocycles. The zero-order chi connectivity index (χ0) is 66.9. The number of rotatable bonds is 32. The molecule has 3 fully saturated rings. The molecule has 3 saturated heterocycles. The SMILES string of the molecule is CN(CC(=O)NC(CCCc1ccccc1)CCCc1ccccc1)C(=O)C1CCN(C[C@H](O)COc2cccc3ncccc23)CC1.CN(CC(=O)NC(CCCc1ccccc1)CCCc1ccccc1)C(=O)C1CCNCC1.c1cc(OC[C@H]2CO2)c2cccnc2c1. The number of benzene rings is 6. The number of carbonyl (C=O) groups is 4. The van der Waals surface area contributed by atoms with Crippen molar-refractivity contribution in [3.05, 3.63) is 217 Å². The van der Waals surface area contributed by atoms with Gasteiger partial charge in [0.1, 0.15) is 36.9 Å². The number of likely N-dealkylation sites (N-methyl/N-ethyl adjacent to an activating group) is 2. The van der Waals surface area contributed by atoms with Crippen molar-refractivity contribution in [1.82, 2.24) is 40.6 Å². The minimum atomic E-state index is -0.649. The minimum absolute atomic E-state index is 0.0166. The van der Waals surface area contributed by atoms with Crippen molar-refractivity contribution < 1.29 is 38.5 Å². The molecule has 6 aromatic carbocycles. The van der Waals surface area contributed by atoms with Crippen molar-refractivity contribution in [3.63, 3.8) is 0 Å². The number of fused-ring (bicyclic) bond motifs is 2. The van der Waals surface area contributed by atoms with E-state index in [4.69, 9.17) is 14.2 Å². The molecule has 16 heteroatoms. The number of hydrogen-bond acceptors (Lipinski definition) is 12. The molecule has 3 aliphatic rings. The fraction of sp³-hybridized carbons (Fsp3) is 0.425. The normalized spacial score (nSPS) is 15.2. The zero-order valence-electron chi connectivity index (χ0n) is 56.4. The van der Waals surface area contributed by atoms with Crippen LogP contribution >= 0.6 is 0 Å². The van der Waals surface area contributed by atoms with Crippen molar-refractivity contribution in [1.29, 1.82) is 0 Å². The maximum Gasteiger partial charge on any atom is 0.239 e. The number of aromatic nitrogens is 2. The number of aliphatic hydroxyl groups is 1. The van der Waals surface area contributed by atoms with Crippen LogP contribution in [0.4, 0.5) is 0 Å². The van der Waals surface area contributed by atoms with E-state index in [1.165, 1.54) is 22.3 Å². The summed E-state index contributed by atoms with van der Waals surface area (Å²) in [5, 5.41) is 22.4. The number of pyridine rings is 2. The third-order valence-electron chi connectivity index (χ3n) is 18.3. The molecule has 4 N–H and O–H groups in total. The Hall–Kier alpha value is -8.54. The summed E-state index contributed by atoms with van der Waals surface area (Å²) in [5.74, 6) is 1.47. The summed E-state index contributed by atoms with van der Waals surface area (Å²) in [4.78, 5) is 66.0. The smallest absolute Gasteiger partial charge is 0.239 e. The van der Waals surface area contributed by atoms with E-state index in [1.807, 2.05) is 84.9 Å². The van der Waals surface area contributed by atoms with Crippen LogP contribution in [0.15, 0.2) is 194 Å². The van der Waals surface area contributed by atoms with Gasteiger partial charge in [-0.15, -0.1) is 0 Å². The van der Waals surface area contributed by atoms with Gasteiger partial charge in [0, 0.05) is 67.7 Å². The van der Waals surface area contributed by atoms with E-state index in [0.717, 1.165) is 150 Å². The molecule has 0 unspecified atom stereocenters. The highest BCUT2D eigenvalue weighted by Crippen LogP contribution is 2.27. The number of likely N-dealkylation sites (tertiary alicyclic amines) is 1. The number of epoxide rings is 1. The predicted octanol–water partition coefficient (Wildman–Crippen LogP) is 11.7. The van der Waals surface area contributed by atoms with Gasteiger partial charge in [-0.1, -0.05) is 133 Å². The van der Waals surface area contributed by atoms with Gasteiger partial charge in [0.15, 0.2) is 0 Å². The first-order valence-electron chi connectivity index (χ1n) is 34.9. The maximum atomic E-state index is 13.3. The number of hydrogen-bond donors (Lipinski definition) is 4. The van der Waals surface area contributed by atoms with Gasteiger partial charge in [0.2, 0.25) is 23.6 Å². The molecular weight excluding hydrogens is 1200 g/mol. The first-order valence-corrected chi connectivity index (χ1v) is 34.9. The molecule has 2 atom stereocenters. The van der Waals surface area contributed by atoms with E-state index >= 15 is 0 Å². The number of β-amino-alcohol motifs (C(OH)–C–C–N with tert-alkyl or cyclic N) is 1. The van der Waals surface area contributed by atoms with E-state index < -0.39 is 6.10 Å². The number of aryl methyl sites for hydroxylation is 4. The summed E-state index contributed by atoms with van der Waals surface area (Å²) in [6.45, 7) is 5.51. The summed E-state index contributed by atoms with van der Waals surface area (Å²) < 4.78 is 16.7. The fourth-order valence-corrected chi connectivity index (χ4v) is 12.8. The summed E-state index contributed by atoms with van der Waals surface area (Å²) in [5.41, 5.74) is 7.11. The maximum absolute atomic E-state index is 13.3. The van der Waals surface area contributed by atoms with E-state index in [9.17, 15) is 24.3 Å². The monoisotopic (exact) mass is 1300 g/mol. The molecule has 0 saturated carbocycles. The molecule has 16 nitrogen and oxygen atoms in total. The summed E-state index contributed by atoms with van der Waals surface area (Å²) >= 11 is 0. The Morgan fingerprint density at radius 2 is 0.927 bits per heavy atom. The second kappa shape index (κ2) is 39.5. The number of aliphatic hydroxyl groups excluding tert-OH is 1. The zero-order valence-corrected chi connectivity index (χ0v) is 56.4. The van der Waals surface area contributed by atoms with Crippen molar-refractivity contribution >= 4 is 45.4 Å². The van der Waals surface area contributed by atoms with Crippen LogP contribution in [0.1, 0.15) is 99.3 Å². The highest BCUT2D eigenvalue weighted by molar-refractivity contribution is 5.87. The van der Waals surface area contributed by atoms with E-state index in [1.54, 1.807) is 36.3 Å². The average Bonchev–Trinajstić information content (AvgIpc) is 1.06. The second-order valence-electron chi connectivity index (χ2n) is 25.9. The first kappa shape index (κ1) is 71.7. The number of amides is 4. The molecule has 0 radical (unpaired) electrons. The standard InChI is InChI=1S/C40H50N4O4.C28H39N3O2.C12H11NO2/c1-43(29-39(46)42-34(18-8-16-31-12-4-2-5-13-31)19-9-17-32-14-6-3-7-15-32)40(47)33-23-26-44(27-24-33)28-35(45)30-48-38-22-10-21-37-36(38)20-11-25-41-37;1-31(28(33)25-18-20-29-21-19-25)22-27(32)30-26(16-8-14-23-10-4-2-5-11-23)17-9-15-24-12-6-3-7-13-24;1-4-11-10(3-2-6-13-11)12(5-1)15-8-9-7-14-9/h2-7,10-15,20-22,25,33-35,45H,8-9,16-19,23-24,26-30H2,1H3,(H,42,46);2-7,10-13,25-26,29H,8-9,14-22H2,1H3,(H,30,32);1-6,9H,7-8H2/t35-;;9-/m0.1/s1. The molecule has 8 aromatic rings. The van der Waals surface area contributed by atoms with Crippen molar-refractivity contribution in [2.75, 3.05) is 79.7 Å². The van der Waals surface area contributed by atoms with Crippen LogP contribution in [-0.4, -0.2) is 157 Å². The van der Waals surface area contributed by atoms with Crippen LogP contribution in [0.3, 0.4) is 0 Å². The second-order valence-corrected chi connectivity index (χ2v) is 25.9. The Morgan fingerprint density at radius 1 is 0.531 bits per heavy atom. The molecular formula is C80H100N8O8. The van der Waals surface area contributed by atoms with Crippen LogP contribution in [0, 0.1) is 11.8 Å². The van der Waals surface area contributed by atoms with Gasteiger partial charge in [-0.25, -0.2) is 0 Å². The number of nitrogens with zero attached hydrogens (tertiary/aromatic N) is 5. The quantitative estimate of drug-likeness (QED) is 0.0292. The van der Waals surface area contributed by atoms with Crippen LogP contribution in [0.2, 0.25) is 0 Å². The highest BCUT2D eigenvalue weighted by atomic mass is 16.6. The number of ether oxygens (including phenoxy) is 3. The fourth-order valence-electron chi connectivity index (χ4n) is 12.8. The molecule has 96 heavy (non-hydrogen) atoms. The molecule has 0 bridgehead atoms. The lowest BCUT2D eigenvalue weighted by Gasteiger charge is -2.34. The number of piperidine rings is 2. The van der Waals surface area contributed by atoms with Gasteiger partial charge >= 0.3 is 0 Å². The Balaban J connectivity index is 0.000000192. The summed E-state index contributed by atoms with van der Waals surface area (Å²) in [7, 11) is 3.49. The van der Waals surface area contributed by atoms with Crippen LogP contribution in [-0.2, 0) is 49.6 Å². The highest BCUT2D eigenvalue weighted by Gasteiger charge is 2.30. The summed E-state index contributed by atoms with van der Waals surface area (Å²) in [6, 6.07) is 61.5. The lowest BCUT2D eigenvalue weighted by molar-refractivity contribution is -0.139. The lowest BCUT2D eigenvalue weighted by Crippen LogP contribution is -2.47. The molecule has 0 aliphatic carbocycles. The van der Waals surface area contributed by atoms with Gasteiger partial charge in [-0.05, 0) is 200 Å². The van der Waals surface area contributed by atoms with Crippen molar-refractivity contribution in [2.24, 2.45) is 11.8 Å². The van der Waals surface area contributed by atoms with Crippen LogP contribution in [0.25, 0.3) is 21.8 Å². The number of carbonyl (C=O) groups excluding carboxylic acids is 4. The number of nitrogens with one attached hydrogen (secondary N) is 3. The molecule has 508 valence electrons. The topological polar surface area (TPSA) is 191 Å². The van der Waals surface area contributed by atoms with Crippen molar-refractivity contribution in [2.45, 2.75) is 127 Å². The van der Waals surface area contributed by atoms with Crippen molar-refractivity contribution in [3.8, 4) is 11.5 Å². The third-order valence-corrected chi connectivity index (χ3v) is 18.3. The van der Waals surface area contributed by atoms with E-state index in [2.05, 4.69) is 128 Å². The average molecular weight is 1300 g/mol. The summed E-state index contributed by atoms with van der Waals surface area (Å²) in [6.07, 6.45) is 18.0. The Kier molecular flexibility index (Phi) is 29.5. The first-order chi connectivity index (χ1) is 47.0. The molecule has 2 aromatic heterocycles.